The van der Waals surface area contributed by atoms with Gasteiger partial charge in [-0.15, -0.1) is 0 Å². The fourth-order valence-corrected chi connectivity index (χ4v) is 1.42. The zero-order valence-corrected chi connectivity index (χ0v) is 6.70. The first-order chi connectivity index (χ1) is 4.85. The van der Waals surface area contributed by atoms with Crippen LogP contribution in [-0.4, -0.2) is 31.2 Å². The van der Waals surface area contributed by atoms with Crippen LogP contribution in [-0.2, 0) is 0 Å². The monoisotopic (exact) mass is 167 g/mol. The molecule has 66 valence electrons. The SMILES string of the molecule is CN1CCC(C)(C(F)(F)F)C1. The minimum atomic E-state index is -4.04. The third kappa shape index (κ3) is 1.50. The van der Waals surface area contributed by atoms with Crippen LogP contribution in [0.3, 0.4) is 0 Å². The van der Waals surface area contributed by atoms with Crippen LogP contribution < -0.4 is 0 Å². The number of hydrogen-bond acceptors (Lipinski definition) is 1. The molecule has 0 spiro atoms. The van der Waals surface area contributed by atoms with E-state index >= 15 is 0 Å². The summed E-state index contributed by atoms with van der Waals surface area (Å²) >= 11 is 0. The van der Waals surface area contributed by atoms with Gasteiger partial charge < -0.3 is 4.90 Å². The van der Waals surface area contributed by atoms with Crippen molar-refractivity contribution in [3.8, 4) is 0 Å². The molecule has 0 aromatic carbocycles. The van der Waals surface area contributed by atoms with Crippen LogP contribution in [0.5, 0.6) is 0 Å². The lowest BCUT2D eigenvalue weighted by Gasteiger charge is -2.26. The van der Waals surface area contributed by atoms with Crippen molar-refractivity contribution in [1.29, 1.82) is 0 Å². The number of halogens is 3. The molecule has 1 fully saturated rings. The Labute approximate surface area is 64.2 Å². The summed E-state index contributed by atoms with van der Waals surface area (Å²) < 4.78 is 36.9. The van der Waals surface area contributed by atoms with Gasteiger partial charge in [-0.1, -0.05) is 0 Å². The molecule has 11 heavy (non-hydrogen) atoms. The Morgan fingerprint density at radius 1 is 1.36 bits per heavy atom. The van der Waals surface area contributed by atoms with Gasteiger partial charge in [0.2, 0.25) is 0 Å². The number of nitrogens with zero attached hydrogens (tertiary/aromatic N) is 1. The topological polar surface area (TPSA) is 3.24 Å². The highest BCUT2D eigenvalue weighted by molar-refractivity contribution is 4.90. The van der Waals surface area contributed by atoms with E-state index in [1.165, 1.54) is 6.92 Å². The summed E-state index contributed by atoms with van der Waals surface area (Å²) in [5.74, 6) is 0. The van der Waals surface area contributed by atoms with Crippen molar-refractivity contribution in [2.24, 2.45) is 5.41 Å². The van der Waals surface area contributed by atoms with Gasteiger partial charge in [0.25, 0.3) is 0 Å². The van der Waals surface area contributed by atoms with E-state index < -0.39 is 11.6 Å². The van der Waals surface area contributed by atoms with E-state index in [1.54, 1.807) is 11.9 Å². The average molecular weight is 167 g/mol. The van der Waals surface area contributed by atoms with Gasteiger partial charge in [0.15, 0.2) is 0 Å². The van der Waals surface area contributed by atoms with E-state index in [1.807, 2.05) is 0 Å². The Balaban J connectivity index is 2.69. The summed E-state index contributed by atoms with van der Waals surface area (Å²) in [6.45, 7) is 1.98. The Hall–Kier alpha value is -0.250. The molecular formula is C7H12F3N. The van der Waals surface area contributed by atoms with Crippen molar-refractivity contribution in [2.45, 2.75) is 19.5 Å². The van der Waals surface area contributed by atoms with E-state index in [0.717, 1.165) is 0 Å². The van der Waals surface area contributed by atoms with Crippen molar-refractivity contribution in [3.05, 3.63) is 0 Å². The summed E-state index contributed by atoms with van der Waals surface area (Å²) in [5.41, 5.74) is -1.47. The Morgan fingerprint density at radius 2 is 1.91 bits per heavy atom. The molecule has 0 N–H and O–H groups in total. The van der Waals surface area contributed by atoms with E-state index in [-0.39, 0.29) is 13.0 Å². The number of alkyl halides is 3. The van der Waals surface area contributed by atoms with E-state index in [0.29, 0.717) is 6.54 Å². The van der Waals surface area contributed by atoms with Gasteiger partial charge in [0, 0.05) is 6.54 Å². The lowest BCUT2D eigenvalue weighted by atomic mass is 9.89. The van der Waals surface area contributed by atoms with Crippen LogP contribution >= 0.6 is 0 Å². The van der Waals surface area contributed by atoms with E-state index in [4.69, 9.17) is 0 Å². The van der Waals surface area contributed by atoms with Gasteiger partial charge in [-0.3, -0.25) is 0 Å². The summed E-state index contributed by atoms with van der Waals surface area (Å²) in [6, 6.07) is 0. The summed E-state index contributed by atoms with van der Waals surface area (Å²) in [7, 11) is 1.72. The Bertz CT molecular complexity index is 154. The number of likely N-dealkylation sites (tertiary alicyclic amines) is 1. The van der Waals surface area contributed by atoms with Crippen LogP contribution in [0.2, 0.25) is 0 Å². The molecule has 1 aliphatic heterocycles. The van der Waals surface area contributed by atoms with Gasteiger partial charge in [-0.25, -0.2) is 0 Å². The normalized spacial score (nSPS) is 34.6. The van der Waals surface area contributed by atoms with Crippen LogP contribution in [0.1, 0.15) is 13.3 Å². The molecule has 0 bridgehead atoms. The molecule has 1 saturated heterocycles. The highest BCUT2D eigenvalue weighted by Crippen LogP contribution is 2.44. The van der Waals surface area contributed by atoms with Crippen LogP contribution in [0, 0.1) is 5.41 Å². The molecule has 0 saturated carbocycles. The molecule has 1 rings (SSSR count). The molecular weight excluding hydrogens is 155 g/mol. The van der Waals surface area contributed by atoms with Crippen molar-refractivity contribution in [3.63, 3.8) is 0 Å². The summed E-state index contributed by atoms with van der Waals surface area (Å²) in [4.78, 5) is 1.72. The minimum Gasteiger partial charge on any atom is -0.305 e. The first-order valence-electron chi connectivity index (χ1n) is 3.60. The Morgan fingerprint density at radius 3 is 2.09 bits per heavy atom. The standard InChI is InChI=1S/C7H12F3N/c1-6(7(8,9)10)3-4-11(2)5-6/h3-5H2,1-2H3. The second-order valence-corrected chi connectivity index (χ2v) is 3.55. The lowest BCUT2D eigenvalue weighted by molar-refractivity contribution is -0.212. The fraction of sp³-hybridized carbons (Fsp3) is 1.00. The zero-order chi connectivity index (χ0) is 8.70. The Kier molecular flexibility index (Phi) is 1.90. The predicted octanol–water partition coefficient (Wildman–Crippen LogP) is 1.89. The summed E-state index contributed by atoms with van der Waals surface area (Å²) in [6.07, 6.45) is -3.81. The van der Waals surface area contributed by atoms with Gasteiger partial charge in [-0.2, -0.15) is 13.2 Å². The molecule has 4 heteroatoms. The molecule has 0 aromatic heterocycles. The zero-order valence-electron chi connectivity index (χ0n) is 6.70. The van der Waals surface area contributed by atoms with E-state index in [2.05, 4.69) is 0 Å². The maximum Gasteiger partial charge on any atom is 0.395 e. The third-order valence-electron chi connectivity index (χ3n) is 2.35. The van der Waals surface area contributed by atoms with Gasteiger partial charge in [0.1, 0.15) is 0 Å². The van der Waals surface area contributed by atoms with E-state index in [9.17, 15) is 13.2 Å². The molecule has 0 aliphatic carbocycles. The average Bonchev–Trinajstić information content (AvgIpc) is 2.10. The van der Waals surface area contributed by atoms with Crippen LogP contribution in [0.15, 0.2) is 0 Å². The van der Waals surface area contributed by atoms with Crippen molar-refractivity contribution < 1.29 is 13.2 Å². The number of hydrogen-bond donors (Lipinski definition) is 0. The maximum absolute atomic E-state index is 12.3. The molecule has 1 nitrogen and oxygen atoms in total. The van der Waals surface area contributed by atoms with Crippen molar-refractivity contribution in [1.82, 2.24) is 4.90 Å². The van der Waals surface area contributed by atoms with Gasteiger partial charge in [-0.05, 0) is 26.9 Å². The smallest absolute Gasteiger partial charge is 0.305 e. The maximum atomic E-state index is 12.3. The summed E-state index contributed by atoms with van der Waals surface area (Å²) in [5, 5.41) is 0. The molecule has 1 aliphatic rings. The fourth-order valence-electron chi connectivity index (χ4n) is 1.42. The quantitative estimate of drug-likeness (QED) is 0.532. The first-order valence-corrected chi connectivity index (χ1v) is 3.60. The minimum absolute atomic E-state index is 0.135. The molecule has 1 atom stereocenters. The second kappa shape index (κ2) is 2.37. The van der Waals surface area contributed by atoms with Crippen LogP contribution in [0.4, 0.5) is 13.2 Å². The first kappa shape index (κ1) is 8.84. The van der Waals surface area contributed by atoms with Gasteiger partial charge >= 0.3 is 6.18 Å². The van der Waals surface area contributed by atoms with Crippen molar-refractivity contribution in [2.75, 3.05) is 20.1 Å². The predicted molar refractivity (Wildman–Crippen MR) is 36.3 cm³/mol. The molecule has 0 amide bonds. The highest BCUT2D eigenvalue weighted by atomic mass is 19.4. The second-order valence-electron chi connectivity index (χ2n) is 3.55. The van der Waals surface area contributed by atoms with Crippen LogP contribution in [0.25, 0.3) is 0 Å². The van der Waals surface area contributed by atoms with Crippen molar-refractivity contribution >= 4 is 0 Å². The van der Waals surface area contributed by atoms with Gasteiger partial charge in [0.05, 0.1) is 5.41 Å². The largest absolute Gasteiger partial charge is 0.395 e. The molecule has 0 radical (unpaired) electrons. The molecule has 1 unspecified atom stereocenters. The lowest BCUT2D eigenvalue weighted by Crippen LogP contribution is -2.37. The highest BCUT2D eigenvalue weighted by Gasteiger charge is 2.53. The molecule has 0 aromatic rings. The number of rotatable bonds is 0. The molecule has 1 heterocycles. The third-order valence-corrected chi connectivity index (χ3v) is 2.35.